The van der Waals surface area contributed by atoms with Crippen LogP contribution in [0.3, 0.4) is 0 Å². The van der Waals surface area contributed by atoms with Gasteiger partial charge in [0.1, 0.15) is 11.4 Å². The zero-order chi connectivity index (χ0) is 11.5. The van der Waals surface area contributed by atoms with Crippen molar-refractivity contribution in [1.29, 1.82) is 0 Å². The Hall–Kier alpha value is -1.51. The molecule has 0 aliphatic heterocycles. The standard InChI is InChI=1S/C12H17NO2/c1-9(14)13-10-5-7-11(8-6-10)15-12(2,3)4/h5-8H,1-4H3,(H,13,14). The molecule has 3 nitrogen and oxygen atoms in total. The van der Waals surface area contributed by atoms with Crippen molar-refractivity contribution in [2.24, 2.45) is 0 Å². The van der Waals surface area contributed by atoms with E-state index in [1.807, 2.05) is 45.0 Å². The molecule has 0 heterocycles. The van der Waals surface area contributed by atoms with Crippen molar-refractivity contribution >= 4 is 11.6 Å². The molecule has 1 aromatic rings. The molecule has 1 amide bonds. The summed E-state index contributed by atoms with van der Waals surface area (Å²) in [6.07, 6.45) is 0. The van der Waals surface area contributed by atoms with Crippen LogP contribution in [-0.2, 0) is 4.79 Å². The van der Waals surface area contributed by atoms with Gasteiger partial charge in [-0.25, -0.2) is 0 Å². The van der Waals surface area contributed by atoms with Crippen molar-refractivity contribution in [1.82, 2.24) is 0 Å². The van der Waals surface area contributed by atoms with E-state index in [0.29, 0.717) is 0 Å². The molecule has 0 atom stereocenters. The second-order valence-electron chi connectivity index (χ2n) is 4.42. The Labute approximate surface area is 90.4 Å². The first kappa shape index (κ1) is 11.6. The largest absolute Gasteiger partial charge is 0.488 e. The summed E-state index contributed by atoms with van der Waals surface area (Å²) in [6.45, 7) is 7.47. The van der Waals surface area contributed by atoms with Crippen LogP contribution in [0.5, 0.6) is 5.75 Å². The van der Waals surface area contributed by atoms with Crippen molar-refractivity contribution in [2.75, 3.05) is 5.32 Å². The first-order valence-electron chi connectivity index (χ1n) is 4.93. The quantitative estimate of drug-likeness (QED) is 0.809. The first-order chi connectivity index (χ1) is 6.87. The number of anilines is 1. The van der Waals surface area contributed by atoms with E-state index in [9.17, 15) is 4.79 Å². The van der Waals surface area contributed by atoms with Crippen molar-refractivity contribution < 1.29 is 9.53 Å². The maximum absolute atomic E-state index is 10.8. The van der Waals surface area contributed by atoms with Crippen LogP contribution in [0.25, 0.3) is 0 Å². The Kier molecular flexibility index (Phi) is 3.35. The third-order valence-electron chi connectivity index (χ3n) is 1.60. The SMILES string of the molecule is CC(=O)Nc1ccc(OC(C)(C)C)cc1. The molecule has 82 valence electrons. The lowest BCUT2D eigenvalue weighted by molar-refractivity contribution is -0.114. The molecule has 0 saturated heterocycles. The number of benzene rings is 1. The minimum Gasteiger partial charge on any atom is -0.488 e. The fourth-order valence-electron chi connectivity index (χ4n) is 1.16. The van der Waals surface area contributed by atoms with E-state index in [0.717, 1.165) is 11.4 Å². The number of carbonyl (C=O) groups excluding carboxylic acids is 1. The lowest BCUT2D eigenvalue weighted by Gasteiger charge is -2.21. The van der Waals surface area contributed by atoms with Crippen molar-refractivity contribution in [3.63, 3.8) is 0 Å². The van der Waals surface area contributed by atoms with E-state index in [1.54, 1.807) is 0 Å². The van der Waals surface area contributed by atoms with Crippen LogP contribution in [0.4, 0.5) is 5.69 Å². The second kappa shape index (κ2) is 4.34. The first-order valence-corrected chi connectivity index (χ1v) is 4.93. The fourth-order valence-corrected chi connectivity index (χ4v) is 1.16. The van der Waals surface area contributed by atoms with E-state index in [2.05, 4.69) is 5.32 Å². The van der Waals surface area contributed by atoms with E-state index >= 15 is 0 Å². The Balaban J connectivity index is 2.68. The van der Waals surface area contributed by atoms with Gasteiger partial charge in [-0.1, -0.05) is 0 Å². The van der Waals surface area contributed by atoms with Crippen molar-refractivity contribution in [3.8, 4) is 5.75 Å². The molecule has 0 aliphatic carbocycles. The Morgan fingerprint density at radius 3 is 2.13 bits per heavy atom. The van der Waals surface area contributed by atoms with E-state index < -0.39 is 0 Å². The normalized spacial score (nSPS) is 10.9. The molecule has 0 spiro atoms. The highest BCUT2D eigenvalue weighted by Crippen LogP contribution is 2.20. The lowest BCUT2D eigenvalue weighted by Crippen LogP contribution is -2.22. The average Bonchev–Trinajstić information content (AvgIpc) is 2.05. The number of ether oxygens (including phenoxy) is 1. The molecule has 0 fully saturated rings. The number of hydrogen-bond donors (Lipinski definition) is 1. The van der Waals surface area contributed by atoms with E-state index in [1.165, 1.54) is 6.92 Å². The van der Waals surface area contributed by atoms with E-state index in [-0.39, 0.29) is 11.5 Å². The van der Waals surface area contributed by atoms with Gasteiger partial charge >= 0.3 is 0 Å². The van der Waals surface area contributed by atoms with Crippen LogP contribution >= 0.6 is 0 Å². The highest BCUT2D eigenvalue weighted by molar-refractivity contribution is 5.88. The number of carbonyl (C=O) groups is 1. The monoisotopic (exact) mass is 207 g/mol. The van der Waals surface area contributed by atoms with E-state index in [4.69, 9.17) is 4.74 Å². The zero-order valence-electron chi connectivity index (χ0n) is 9.63. The smallest absolute Gasteiger partial charge is 0.221 e. The summed E-state index contributed by atoms with van der Waals surface area (Å²) in [5.41, 5.74) is 0.582. The fraction of sp³-hybridized carbons (Fsp3) is 0.417. The van der Waals surface area contributed by atoms with Gasteiger partial charge in [0.15, 0.2) is 0 Å². The molecular formula is C12H17NO2. The van der Waals surface area contributed by atoms with Gasteiger partial charge in [0.05, 0.1) is 0 Å². The molecule has 1 aromatic carbocycles. The molecule has 0 aliphatic rings. The van der Waals surface area contributed by atoms with Gasteiger partial charge in [0.25, 0.3) is 0 Å². The molecule has 1 N–H and O–H groups in total. The summed E-state index contributed by atoms with van der Waals surface area (Å²) in [4.78, 5) is 10.8. The van der Waals surface area contributed by atoms with Crippen LogP contribution in [0, 0.1) is 0 Å². The second-order valence-corrected chi connectivity index (χ2v) is 4.42. The van der Waals surface area contributed by atoms with Crippen LogP contribution in [0.15, 0.2) is 24.3 Å². The van der Waals surface area contributed by atoms with Gasteiger partial charge in [-0.2, -0.15) is 0 Å². The Morgan fingerprint density at radius 2 is 1.73 bits per heavy atom. The summed E-state index contributed by atoms with van der Waals surface area (Å²) >= 11 is 0. The molecule has 15 heavy (non-hydrogen) atoms. The van der Waals surface area contributed by atoms with Gasteiger partial charge in [-0.05, 0) is 45.0 Å². The van der Waals surface area contributed by atoms with Gasteiger partial charge < -0.3 is 10.1 Å². The Morgan fingerprint density at radius 1 is 1.20 bits per heavy atom. The predicted octanol–water partition coefficient (Wildman–Crippen LogP) is 2.82. The summed E-state index contributed by atoms with van der Waals surface area (Å²) in [5, 5.41) is 2.70. The average molecular weight is 207 g/mol. The van der Waals surface area contributed by atoms with Crippen molar-refractivity contribution in [2.45, 2.75) is 33.3 Å². The van der Waals surface area contributed by atoms with Crippen LogP contribution in [-0.4, -0.2) is 11.5 Å². The maximum Gasteiger partial charge on any atom is 0.221 e. The topological polar surface area (TPSA) is 38.3 Å². The number of nitrogens with one attached hydrogen (secondary N) is 1. The number of rotatable bonds is 2. The van der Waals surface area contributed by atoms with Crippen LogP contribution in [0.2, 0.25) is 0 Å². The molecule has 0 radical (unpaired) electrons. The van der Waals surface area contributed by atoms with Gasteiger partial charge in [-0.15, -0.1) is 0 Å². The molecule has 0 bridgehead atoms. The van der Waals surface area contributed by atoms with Gasteiger partial charge in [0.2, 0.25) is 5.91 Å². The molecule has 1 rings (SSSR count). The summed E-state index contributed by atoms with van der Waals surface area (Å²) in [7, 11) is 0. The molecular weight excluding hydrogens is 190 g/mol. The summed E-state index contributed by atoms with van der Waals surface area (Å²) in [6, 6.07) is 7.33. The highest BCUT2D eigenvalue weighted by Gasteiger charge is 2.11. The molecule has 0 unspecified atom stereocenters. The number of hydrogen-bond acceptors (Lipinski definition) is 2. The minimum atomic E-state index is -0.199. The third-order valence-corrected chi connectivity index (χ3v) is 1.60. The summed E-state index contributed by atoms with van der Waals surface area (Å²) in [5.74, 6) is 0.732. The third kappa shape index (κ3) is 4.49. The molecule has 0 aromatic heterocycles. The zero-order valence-corrected chi connectivity index (χ0v) is 9.63. The Bertz CT molecular complexity index is 336. The van der Waals surface area contributed by atoms with Crippen LogP contribution < -0.4 is 10.1 Å². The number of amides is 1. The lowest BCUT2D eigenvalue weighted by atomic mass is 10.2. The minimum absolute atomic E-state index is 0.0699. The van der Waals surface area contributed by atoms with Crippen LogP contribution in [0.1, 0.15) is 27.7 Å². The van der Waals surface area contributed by atoms with Crippen molar-refractivity contribution in [3.05, 3.63) is 24.3 Å². The highest BCUT2D eigenvalue weighted by atomic mass is 16.5. The predicted molar refractivity (Wildman–Crippen MR) is 61.1 cm³/mol. The maximum atomic E-state index is 10.8. The summed E-state index contributed by atoms with van der Waals surface area (Å²) < 4.78 is 5.65. The molecule has 3 heteroatoms. The van der Waals surface area contributed by atoms with Gasteiger partial charge in [0, 0.05) is 12.6 Å². The molecule has 0 saturated carbocycles. The van der Waals surface area contributed by atoms with Gasteiger partial charge in [-0.3, -0.25) is 4.79 Å².